The van der Waals surface area contributed by atoms with E-state index < -0.39 is 17.6 Å². The molecule has 0 saturated carbocycles. The molecule has 0 aliphatic carbocycles. The summed E-state index contributed by atoms with van der Waals surface area (Å²) in [5, 5.41) is 8.01. The zero-order chi connectivity index (χ0) is 59.9. The van der Waals surface area contributed by atoms with E-state index in [0.29, 0.717) is 11.8 Å². The molecule has 15 aromatic rings. The third kappa shape index (κ3) is 16.8. The molecular weight excluding hydrogens is 1120 g/mol. The van der Waals surface area contributed by atoms with E-state index in [1.165, 1.54) is 54.5 Å². The Kier molecular flexibility index (Phi) is 20.7. The number of aromatic nitrogens is 6. The number of halogens is 4. The predicted octanol–water partition coefficient (Wildman–Crippen LogP) is 21.2. The molecular formula is C75H54F4N6S2. The Hall–Kier alpha value is -10.7. The number of pyridine rings is 5. The minimum Gasteiger partial charge on any atom is -0.256 e. The molecule has 0 N–H and O–H groups in total. The first-order chi connectivity index (χ1) is 42.7. The molecule has 424 valence electrons. The van der Waals surface area contributed by atoms with E-state index >= 15 is 0 Å². The number of nitrogens with zero attached hydrogens (tertiary/aromatic N) is 6. The lowest BCUT2D eigenvalue weighted by Gasteiger charge is -2.08. The van der Waals surface area contributed by atoms with Crippen molar-refractivity contribution in [1.29, 1.82) is 0 Å². The summed E-state index contributed by atoms with van der Waals surface area (Å²) in [6, 6.07) is 93.2. The van der Waals surface area contributed by atoms with Crippen molar-refractivity contribution in [3.05, 3.63) is 339 Å². The number of para-hydroxylation sites is 1. The van der Waals surface area contributed by atoms with Crippen LogP contribution in [-0.4, -0.2) is 29.9 Å². The first-order valence-corrected chi connectivity index (χ1v) is 29.3. The number of hydrogen-bond donors (Lipinski definition) is 0. The lowest BCUT2D eigenvalue weighted by atomic mass is 10.0. The maximum Gasteiger partial charge on any atom is 0.416 e. The van der Waals surface area contributed by atoms with Crippen molar-refractivity contribution in [3.8, 4) is 66.2 Å². The molecule has 0 fully saturated rings. The summed E-state index contributed by atoms with van der Waals surface area (Å²) in [6.45, 7) is 0. The van der Waals surface area contributed by atoms with Gasteiger partial charge in [-0.25, -0.2) is 9.37 Å². The zero-order valence-electron chi connectivity index (χ0n) is 46.7. The minimum atomic E-state index is -4.54. The number of thiazole rings is 1. The summed E-state index contributed by atoms with van der Waals surface area (Å²) < 4.78 is 51.7. The van der Waals surface area contributed by atoms with Gasteiger partial charge in [0, 0.05) is 69.6 Å². The Bertz CT molecular complexity index is 4410. The Morgan fingerprint density at radius 1 is 0.356 bits per heavy atom. The summed E-state index contributed by atoms with van der Waals surface area (Å²) in [5.41, 5.74) is 9.29. The van der Waals surface area contributed by atoms with Gasteiger partial charge in [0.05, 0.1) is 49.1 Å². The molecule has 7 aromatic heterocycles. The topological polar surface area (TPSA) is 77.3 Å². The van der Waals surface area contributed by atoms with Gasteiger partial charge in [-0.3, -0.25) is 24.9 Å². The van der Waals surface area contributed by atoms with E-state index in [1.54, 1.807) is 34.8 Å². The van der Waals surface area contributed by atoms with Crippen molar-refractivity contribution in [2.24, 2.45) is 0 Å². The van der Waals surface area contributed by atoms with E-state index in [4.69, 9.17) is 0 Å². The van der Waals surface area contributed by atoms with Crippen molar-refractivity contribution in [2.45, 2.75) is 6.18 Å². The van der Waals surface area contributed by atoms with Crippen LogP contribution in [0.5, 0.6) is 0 Å². The maximum absolute atomic E-state index is 13.5. The van der Waals surface area contributed by atoms with E-state index in [9.17, 15) is 17.6 Å². The molecule has 6 nitrogen and oxygen atoms in total. The molecule has 0 bridgehead atoms. The fraction of sp³-hybridized carbons (Fsp3) is 0.0133. The van der Waals surface area contributed by atoms with Gasteiger partial charge < -0.3 is 0 Å². The highest BCUT2D eigenvalue weighted by molar-refractivity contribution is 7.21. The van der Waals surface area contributed by atoms with E-state index in [-0.39, 0.29) is 5.56 Å². The van der Waals surface area contributed by atoms with Crippen molar-refractivity contribution < 1.29 is 17.6 Å². The molecule has 0 amide bonds. The van der Waals surface area contributed by atoms with Crippen LogP contribution in [0.1, 0.15) is 5.56 Å². The molecule has 0 spiro atoms. The predicted molar refractivity (Wildman–Crippen MR) is 351 cm³/mol. The number of thiophene rings is 1. The van der Waals surface area contributed by atoms with Gasteiger partial charge in [0.25, 0.3) is 0 Å². The molecule has 0 aliphatic rings. The lowest BCUT2D eigenvalue weighted by Crippen LogP contribution is -2.05. The van der Waals surface area contributed by atoms with Crippen LogP contribution in [0.4, 0.5) is 17.6 Å². The Balaban J connectivity index is 0.000000116. The third-order valence-electron chi connectivity index (χ3n) is 13.1. The molecule has 7 heterocycles. The van der Waals surface area contributed by atoms with E-state index in [2.05, 4.69) is 157 Å². The fourth-order valence-corrected chi connectivity index (χ4v) is 10.5. The first-order valence-electron chi connectivity index (χ1n) is 27.6. The van der Waals surface area contributed by atoms with Crippen LogP contribution < -0.4 is 0 Å². The number of benzene rings is 8. The quantitative estimate of drug-likeness (QED) is 0.154. The minimum absolute atomic E-state index is 0.0543. The average Bonchev–Trinajstić information content (AvgIpc) is 4.14. The van der Waals surface area contributed by atoms with Gasteiger partial charge in [0.1, 0.15) is 10.8 Å². The third-order valence-corrected chi connectivity index (χ3v) is 15.1. The van der Waals surface area contributed by atoms with Gasteiger partial charge in [-0.15, -0.1) is 22.7 Å². The monoisotopic (exact) mass is 1180 g/mol. The van der Waals surface area contributed by atoms with Crippen LogP contribution in [-0.2, 0) is 6.18 Å². The smallest absolute Gasteiger partial charge is 0.256 e. The normalized spacial score (nSPS) is 10.5. The van der Waals surface area contributed by atoms with Crippen molar-refractivity contribution in [2.75, 3.05) is 0 Å². The van der Waals surface area contributed by atoms with Gasteiger partial charge in [-0.1, -0.05) is 206 Å². The molecule has 0 radical (unpaired) electrons. The standard InChI is InChI=1S/2C15H11N.C13H9NS.C12H7F4N.C11H9N.C9H7NS/c1-2-7-13(8-3-1)15-14-9-5-4-6-12(14)10-11-16-15;1-2-6-12(7-3-1)15-10-13-8-4-5-9-14(13)11-16-15;1-2-6-10(7-3-1)13-14-11-8-4-5-9-12(11)15-13;13-10-7-8(12(14,15)16)4-5-9(10)11-3-1-2-6-17-11;1-2-6-10(7-3-1)11-8-4-5-9-12-11;1-2-6-10-8(4-1)9-5-3-7-11-9/h2*1-11H;1-9H;1-7H;1-9H;1-7H. The Morgan fingerprint density at radius 2 is 0.885 bits per heavy atom. The summed E-state index contributed by atoms with van der Waals surface area (Å²) in [4.78, 5) is 27.1. The van der Waals surface area contributed by atoms with Gasteiger partial charge >= 0.3 is 6.18 Å². The second-order valence-electron chi connectivity index (χ2n) is 19.1. The second-order valence-corrected chi connectivity index (χ2v) is 21.0. The van der Waals surface area contributed by atoms with Crippen molar-refractivity contribution in [3.63, 3.8) is 0 Å². The van der Waals surface area contributed by atoms with E-state index in [0.717, 1.165) is 56.6 Å². The second kappa shape index (κ2) is 30.2. The van der Waals surface area contributed by atoms with E-state index in [1.807, 2.05) is 158 Å². The first kappa shape index (κ1) is 59.5. The molecule has 87 heavy (non-hydrogen) atoms. The largest absolute Gasteiger partial charge is 0.416 e. The highest BCUT2D eigenvalue weighted by Crippen LogP contribution is 2.33. The molecule has 12 heteroatoms. The van der Waals surface area contributed by atoms with Crippen LogP contribution in [0.3, 0.4) is 0 Å². The zero-order valence-corrected chi connectivity index (χ0v) is 48.3. The number of hydrogen-bond acceptors (Lipinski definition) is 8. The molecule has 15 rings (SSSR count). The van der Waals surface area contributed by atoms with Crippen molar-refractivity contribution in [1.82, 2.24) is 29.9 Å². The Labute approximate surface area is 510 Å². The SMILES string of the molecule is Fc1cc(C(F)(F)F)ccc1-c1ccccn1.c1ccc(-c2cc3ccccc3cn2)cc1.c1ccc(-c2ccccn2)cc1.c1ccc(-c2cccs2)nc1.c1ccc(-c2nc3ccccc3s2)cc1.c1ccc(-c2nccc3ccccc23)cc1. The fourth-order valence-electron chi connectivity index (χ4n) is 8.87. The molecule has 0 aliphatic heterocycles. The highest BCUT2D eigenvalue weighted by Gasteiger charge is 2.31. The van der Waals surface area contributed by atoms with Crippen LogP contribution in [0.15, 0.2) is 328 Å². The van der Waals surface area contributed by atoms with Gasteiger partial charge in [-0.05, 0) is 101 Å². The van der Waals surface area contributed by atoms with Crippen LogP contribution in [0.25, 0.3) is 97.9 Å². The summed E-state index contributed by atoms with van der Waals surface area (Å²) in [6.07, 6.45) is 4.33. The summed E-state index contributed by atoms with van der Waals surface area (Å²) in [5.74, 6) is -0.932. The van der Waals surface area contributed by atoms with Crippen LogP contribution in [0.2, 0.25) is 0 Å². The maximum atomic E-state index is 13.5. The molecule has 0 atom stereocenters. The summed E-state index contributed by atoms with van der Waals surface area (Å²) >= 11 is 3.45. The van der Waals surface area contributed by atoms with Crippen LogP contribution in [0, 0.1) is 5.82 Å². The van der Waals surface area contributed by atoms with Gasteiger partial charge in [-0.2, -0.15) is 13.2 Å². The van der Waals surface area contributed by atoms with Crippen LogP contribution >= 0.6 is 22.7 Å². The molecule has 8 aromatic carbocycles. The number of alkyl halides is 3. The number of rotatable bonds is 6. The van der Waals surface area contributed by atoms with Crippen molar-refractivity contribution >= 4 is 54.4 Å². The van der Waals surface area contributed by atoms with Gasteiger partial charge in [0.2, 0.25) is 0 Å². The lowest BCUT2D eigenvalue weighted by molar-refractivity contribution is -0.137. The molecule has 0 unspecified atom stereocenters. The van der Waals surface area contributed by atoms with Gasteiger partial charge in [0.15, 0.2) is 0 Å². The average molecular weight is 1180 g/mol. The summed E-state index contributed by atoms with van der Waals surface area (Å²) in [7, 11) is 0. The Morgan fingerprint density at radius 3 is 1.47 bits per heavy atom. The highest BCUT2D eigenvalue weighted by atomic mass is 32.1. The molecule has 0 saturated heterocycles. The number of fused-ring (bicyclic) bond motifs is 3.